The highest BCUT2D eigenvalue weighted by atomic mass is 16.7. The smallest absolute Gasteiger partial charge is 0.326 e. The number of aliphatic imine (C=N–C) groups is 1. The van der Waals surface area contributed by atoms with Crippen molar-refractivity contribution in [2.75, 3.05) is 6.54 Å². The summed E-state index contributed by atoms with van der Waals surface area (Å²) in [5.41, 5.74) is 12.1. The molecule has 22 heavy (non-hydrogen) atoms. The SMILES string of the molecule is CC(C)[C@H](NC(=O)[C@H](CCCN=C(N)N)N[N+](=O)[O-])C(=O)O. The topological polar surface area (TPSA) is 186 Å². The van der Waals surface area contributed by atoms with Crippen LogP contribution in [0.5, 0.6) is 0 Å². The molecule has 0 rings (SSSR count). The Morgan fingerprint density at radius 3 is 2.36 bits per heavy atom. The number of aliphatic carboxylic acids is 1. The molecule has 0 aliphatic rings. The second-order valence-electron chi connectivity index (χ2n) is 4.96. The quantitative estimate of drug-likeness (QED) is 0.105. The van der Waals surface area contributed by atoms with E-state index in [2.05, 4.69) is 10.3 Å². The highest BCUT2D eigenvalue weighted by molar-refractivity contribution is 5.86. The summed E-state index contributed by atoms with van der Waals surface area (Å²) in [6, 6.07) is -2.30. The monoisotopic (exact) mass is 318 g/mol. The Kier molecular flexibility index (Phi) is 8.26. The molecule has 0 heterocycles. The van der Waals surface area contributed by atoms with Gasteiger partial charge in [0.2, 0.25) is 5.91 Å². The van der Waals surface area contributed by atoms with E-state index in [4.69, 9.17) is 16.6 Å². The van der Waals surface area contributed by atoms with E-state index in [1.165, 1.54) is 0 Å². The third-order valence-electron chi connectivity index (χ3n) is 2.75. The first-order chi connectivity index (χ1) is 10.1. The molecule has 0 fully saturated rings. The number of hydrazine groups is 1. The Balaban J connectivity index is 4.72. The largest absolute Gasteiger partial charge is 0.480 e. The van der Waals surface area contributed by atoms with Crippen LogP contribution in [0.2, 0.25) is 0 Å². The standard InChI is InChI=1S/C11H22N6O5/c1-6(2)8(10(19)20)15-9(18)7(16-17(21)22)4-3-5-14-11(12)13/h6-8,16H,3-5H2,1-2H3,(H,15,18)(H,19,20)(H4,12,13,14)/t7-,8-/m0/s1. The molecule has 11 heteroatoms. The van der Waals surface area contributed by atoms with Crippen molar-refractivity contribution < 1.29 is 19.7 Å². The number of nitro groups is 1. The zero-order valence-electron chi connectivity index (χ0n) is 12.5. The van der Waals surface area contributed by atoms with Gasteiger partial charge in [-0.05, 0) is 18.8 Å². The minimum atomic E-state index is -1.20. The average Bonchev–Trinajstić information content (AvgIpc) is 2.37. The number of nitrogens with one attached hydrogen (secondary N) is 2. The molecule has 0 aliphatic carbocycles. The lowest BCUT2D eigenvalue weighted by Crippen LogP contribution is -2.53. The van der Waals surface area contributed by atoms with Gasteiger partial charge in [-0.1, -0.05) is 13.8 Å². The number of guanidine groups is 1. The number of hydrogen-bond donors (Lipinski definition) is 5. The minimum Gasteiger partial charge on any atom is -0.480 e. The number of hydrogen-bond acceptors (Lipinski definition) is 5. The number of amides is 1. The van der Waals surface area contributed by atoms with E-state index >= 15 is 0 Å². The Labute approximate surface area is 127 Å². The second-order valence-corrected chi connectivity index (χ2v) is 4.96. The van der Waals surface area contributed by atoms with Gasteiger partial charge in [0.25, 0.3) is 0 Å². The van der Waals surface area contributed by atoms with Crippen molar-refractivity contribution in [1.82, 2.24) is 10.7 Å². The van der Waals surface area contributed by atoms with Crippen molar-refractivity contribution in [2.24, 2.45) is 22.4 Å². The Bertz CT molecular complexity index is 435. The van der Waals surface area contributed by atoms with Crippen molar-refractivity contribution >= 4 is 17.8 Å². The molecule has 0 radical (unpaired) electrons. The molecule has 0 aromatic rings. The first kappa shape index (κ1) is 19.4. The summed E-state index contributed by atoms with van der Waals surface area (Å²) in [4.78, 5) is 37.3. The summed E-state index contributed by atoms with van der Waals surface area (Å²) in [5, 5.41) is 21.0. The summed E-state index contributed by atoms with van der Waals surface area (Å²) in [6.45, 7) is 3.44. The molecule has 7 N–H and O–H groups in total. The van der Waals surface area contributed by atoms with Crippen LogP contribution in [0.1, 0.15) is 26.7 Å². The van der Waals surface area contributed by atoms with Gasteiger partial charge in [0.05, 0.1) is 0 Å². The number of carboxylic acid groups (broad SMARTS) is 1. The van der Waals surface area contributed by atoms with Gasteiger partial charge in [-0.2, -0.15) is 0 Å². The fourth-order valence-electron chi connectivity index (χ4n) is 1.65. The number of carbonyl (C=O) groups excluding carboxylic acids is 1. The normalized spacial score (nSPS) is 13.0. The maximum Gasteiger partial charge on any atom is 0.326 e. The van der Waals surface area contributed by atoms with E-state index in [1.54, 1.807) is 13.8 Å². The number of carboxylic acids is 1. The fourth-order valence-corrected chi connectivity index (χ4v) is 1.65. The lowest BCUT2D eigenvalue weighted by atomic mass is 10.0. The molecule has 1 amide bonds. The number of carbonyl (C=O) groups is 2. The van der Waals surface area contributed by atoms with E-state index in [1.807, 2.05) is 5.43 Å². The zero-order chi connectivity index (χ0) is 17.3. The Morgan fingerprint density at radius 2 is 1.95 bits per heavy atom. The van der Waals surface area contributed by atoms with Crippen LogP contribution in [0.3, 0.4) is 0 Å². The van der Waals surface area contributed by atoms with Crippen molar-refractivity contribution in [2.45, 2.75) is 38.8 Å². The van der Waals surface area contributed by atoms with Gasteiger partial charge in [0, 0.05) is 6.54 Å². The summed E-state index contributed by atoms with van der Waals surface area (Å²) in [5.74, 6) is -2.44. The van der Waals surface area contributed by atoms with Gasteiger partial charge in [0.1, 0.15) is 6.04 Å². The van der Waals surface area contributed by atoms with E-state index in [-0.39, 0.29) is 24.8 Å². The van der Waals surface area contributed by atoms with Gasteiger partial charge >= 0.3 is 5.97 Å². The molecule has 0 spiro atoms. The average molecular weight is 318 g/mol. The first-order valence-corrected chi connectivity index (χ1v) is 6.64. The molecule has 2 atom stereocenters. The third-order valence-corrected chi connectivity index (χ3v) is 2.75. The molecule has 0 saturated carbocycles. The highest BCUT2D eigenvalue weighted by Crippen LogP contribution is 2.04. The van der Waals surface area contributed by atoms with Crippen molar-refractivity contribution in [3.63, 3.8) is 0 Å². The Hall–Kier alpha value is -2.59. The van der Waals surface area contributed by atoms with Crippen LogP contribution < -0.4 is 22.2 Å². The molecule has 126 valence electrons. The van der Waals surface area contributed by atoms with Crippen LogP contribution in [-0.4, -0.2) is 46.6 Å². The van der Waals surface area contributed by atoms with E-state index in [0.29, 0.717) is 6.42 Å². The van der Waals surface area contributed by atoms with Crippen LogP contribution in [0.25, 0.3) is 0 Å². The summed E-state index contributed by atoms with van der Waals surface area (Å²) < 4.78 is 0. The predicted octanol–water partition coefficient (Wildman–Crippen LogP) is -1.58. The first-order valence-electron chi connectivity index (χ1n) is 6.64. The molecule has 0 aliphatic heterocycles. The lowest BCUT2D eigenvalue weighted by Gasteiger charge is -2.20. The highest BCUT2D eigenvalue weighted by Gasteiger charge is 2.29. The molecule has 0 unspecified atom stereocenters. The maximum absolute atomic E-state index is 12.0. The molecule has 11 nitrogen and oxygen atoms in total. The summed E-state index contributed by atoms with van der Waals surface area (Å²) >= 11 is 0. The van der Waals surface area contributed by atoms with Gasteiger partial charge < -0.3 is 21.9 Å². The number of rotatable bonds is 10. The lowest BCUT2D eigenvalue weighted by molar-refractivity contribution is -0.548. The number of nitrogens with zero attached hydrogens (tertiary/aromatic N) is 2. The van der Waals surface area contributed by atoms with E-state index in [9.17, 15) is 19.7 Å². The third kappa shape index (κ3) is 7.87. The minimum absolute atomic E-state index is 0.0774. The molecular formula is C11H22N6O5. The Morgan fingerprint density at radius 1 is 1.36 bits per heavy atom. The predicted molar refractivity (Wildman–Crippen MR) is 78.2 cm³/mol. The maximum atomic E-state index is 12.0. The van der Waals surface area contributed by atoms with Crippen LogP contribution in [-0.2, 0) is 9.59 Å². The van der Waals surface area contributed by atoms with Gasteiger partial charge in [0.15, 0.2) is 17.0 Å². The summed E-state index contributed by atoms with van der Waals surface area (Å²) in [6.07, 6.45) is 0.393. The number of nitrogens with two attached hydrogens (primary N) is 2. The summed E-state index contributed by atoms with van der Waals surface area (Å²) in [7, 11) is 0. The van der Waals surface area contributed by atoms with Crippen molar-refractivity contribution in [3.05, 3.63) is 10.1 Å². The molecule has 0 bridgehead atoms. The molecule has 0 aromatic carbocycles. The fraction of sp³-hybridized carbons (Fsp3) is 0.727. The van der Waals surface area contributed by atoms with Crippen LogP contribution in [0.15, 0.2) is 4.99 Å². The van der Waals surface area contributed by atoms with Crippen LogP contribution in [0, 0.1) is 16.0 Å². The molecule has 0 aromatic heterocycles. The van der Waals surface area contributed by atoms with Crippen molar-refractivity contribution in [1.29, 1.82) is 0 Å². The van der Waals surface area contributed by atoms with Gasteiger partial charge in [-0.15, -0.1) is 5.43 Å². The second kappa shape index (κ2) is 9.37. The van der Waals surface area contributed by atoms with E-state index < -0.39 is 29.0 Å². The molecular weight excluding hydrogens is 296 g/mol. The van der Waals surface area contributed by atoms with Crippen LogP contribution >= 0.6 is 0 Å². The van der Waals surface area contributed by atoms with E-state index in [0.717, 1.165) is 0 Å². The van der Waals surface area contributed by atoms with Gasteiger partial charge in [-0.25, -0.2) is 14.9 Å². The van der Waals surface area contributed by atoms with Crippen molar-refractivity contribution in [3.8, 4) is 0 Å². The molecule has 0 saturated heterocycles. The van der Waals surface area contributed by atoms with Gasteiger partial charge in [-0.3, -0.25) is 9.79 Å². The van der Waals surface area contributed by atoms with Crippen LogP contribution in [0.4, 0.5) is 0 Å². The zero-order valence-corrected chi connectivity index (χ0v) is 12.5.